The molecule has 0 aliphatic rings. The van der Waals surface area contributed by atoms with E-state index < -0.39 is 0 Å². The molecule has 0 spiro atoms. The Balaban J connectivity index is 2.08. The minimum absolute atomic E-state index is 0.524. The van der Waals surface area contributed by atoms with E-state index in [1.54, 1.807) is 6.07 Å². The van der Waals surface area contributed by atoms with Crippen LogP contribution in [-0.4, -0.2) is 22.8 Å². The van der Waals surface area contributed by atoms with Crippen LogP contribution in [0, 0.1) is 10.7 Å². The molecule has 20 heavy (non-hydrogen) atoms. The fourth-order valence-corrected chi connectivity index (χ4v) is 2.57. The fraction of sp³-hybridized carbons (Fsp3) is 0.500. The standard InChI is InChI=1S/C14H18Cl2N2OS/c1-9(2)3-5-19-6-4-18-13-8-11(16)10(15)7-12(13)17-14(18)20/h7-9H,3-6H2,1-2H3,(H,17,20). The van der Waals surface area contributed by atoms with E-state index in [2.05, 4.69) is 18.8 Å². The molecule has 3 nitrogen and oxygen atoms in total. The van der Waals surface area contributed by atoms with Crippen molar-refractivity contribution in [1.29, 1.82) is 0 Å². The van der Waals surface area contributed by atoms with Crippen LogP contribution in [0.5, 0.6) is 0 Å². The highest BCUT2D eigenvalue weighted by atomic mass is 35.5. The number of H-pyrrole nitrogens is 1. The first-order chi connectivity index (χ1) is 9.49. The number of fused-ring (bicyclic) bond motifs is 1. The number of nitrogens with zero attached hydrogens (tertiary/aromatic N) is 1. The normalized spacial score (nSPS) is 11.7. The van der Waals surface area contributed by atoms with Gasteiger partial charge in [0.05, 0.1) is 27.7 Å². The quantitative estimate of drug-likeness (QED) is 0.591. The number of hydrogen-bond acceptors (Lipinski definition) is 2. The van der Waals surface area contributed by atoms with E-state index in [1.165, 1.54) is 0 Å². The predicted molar refractivity (Wildman–Crippen MR) is 87.4 cm³/mol. The Morgan fingerprint density at radius 2 is 1.95 bits per heavy atom. The Labute approximate surface area is 133 Å². The number of aromatic amines is 1. The molecule has 0 amide bonds. The molecule has 0 unspecified atom stereocenters. The summed E-state index contributed by atoms with van der Waals surface area (Å²) in [6.07, 6.45) is 1.07. The Bertz CT molecular complexity index is 648. The van der Waals surface area contributed by atoms with Crippen molar-refractivity contribution in [1.82, 2.24) is 9.55 Å². The third kappa shape index (κ3) is 3.76. The van der Waals surface area contributed by atoms with Crippen molar-refractivity contribution in [2.24, 2.45) is 5.92 Å². The minimum atomic E-state index is 0.524. The highest BCUT2D eigenvalue weighted by Crippen LogP contribution is 2.27. The molecule has 0 bridgehead atoms. The zero-order valence-corrected chi connectivity index (χ0v) is 13.9. The van der Waals surface area contributed by atoms with Gasteiger partial charge in [0.15, 0.2) is 4.77 Å². The van der Waals surface area contributed by atoms with E-state index in [4.69, 9.17) is 40.2 Å². The van der Waals surface area contributed by atoms with Crippen LogP contribution in [0.1, 0.15) is 20.3 Å². The summed E-state index contributed by atoms with van der Waals surface area (Å²) in [7, 11) is 0. The van der Waals surface area contributed by atoms with E-state index in [1.807, 2.05) is 10.6 Å². The highest BCUT2D eigenvalue weighted by molar-refractivity contribution is 7.71. The molecule has 1 aromatic heterocycles. The van der Waals surface area contributed by atoms with E-state index >= 15 is 0 Å². The summed E-state index contributed by atoms with van der Waals surface area (Å²) in [5, 5.41) is 1.05. The van der Waals surface area contributed by atoms with Gasteiger partial charge in [-0.2, -0.15) is 0 Å². The summed E-state index contributed by atoms with van der Waals surface area (Å²) in [5.41, 5.74) is 1.85. The molecule has 6 heteroatoms. The lowest BCUT2D eigenvalue weighted by Crippen LogP contribution is -2.08. The Kier molecular flexibility index (Phi) is 5.49. The molecule has 0 atom stereocenters. The van der Waals surface area contributed by atoms with Crippen LogP contribution in [0.3, 0.4) is 0 Å². The third-order valence-corrected chi connectivity index (χ3v) is 4.16. The SMILES string of the molecule is CC(C)CCOCCn1c(=S)[nH]c2cc(Cl)c(Cl)cc21. The molecular formula is C14H18Cl2N2OS. The van der Waals surface area contributed by atoms with Crippen LogP contribution < -0.4 is 0 Å². The van der Waals surface area contributed by atoms with Crippen LogP contribution in [0.15, 0.2) is 12.1 Å². The summed E-state index contributed by atoms with van der Waals surface area (Å²) in [6, 6.07) is 3.63. The van der Waals surface area contributed by atoms with Crippen molar-refractivity contribution in [2.45, 2.75) is 26.8 Å². The summed E-state index contributed by atoms with van der Waals surface area (Å²) >= 11 is 17.4. The van der Waals surface area contributed by atoms with Crippen molar-refractivity contribution in [3.63, 3.8) is 0 Å². The van der Waals surface area contributed by atoms with Crippen LogP contribution in [0.4, 0.5) is 0 Å². The monoisotopic (exact) mass is 332 g/mol. The molecule has 0 aliphatic carbocycles. The fourth-order valence-electron chi connectivity index (χ4n) is 1.95. The van der Waals surface area contributed by atoms with Crippen LogP contribution >= 0.6 is 35.4 Å². The van der Waals surface area contributed by atoms with Gasteiger partial charge in [-0.05, 0) is 36.7 Å². The number of hydrogen-bond donors (Lipinski definition) is 1. The molecule has 110 valence electrons. The lowest BCUT2D eigenvalue weighted by atomic mass is 10.1. The second-order valence-corrected chi connectivity index (χ2v) is 6.36. The topological polar surface area (TPSA) is 29.9 Å². The lowest BCUT2D eigenvalue weighted by molar-refractivity contribution is 0.116. The van der Waals surface area contributed by atoms with Gasteiger partial charge in [-0.25, -0.2) is 0 Å². The average Bonchev–Trinajstić information content (AvgIpc) is 2.65. The van der Waals surface area contributed by atoms with Crippen LogP contribution in [-0.2, 0) is 11.3 Å². The van der Waals surface area contributed by atoms with Gasteiger partial charge in [-0.3, -0.25) is 0 Å². The van der Waals surface area contributed by atoms with Gasteiger partial charge in [0.2, 0.25) is 0 Å². The van der Waals surface area contributed by atoms with Gasteiger partial charge in [0.1, 0.15) is 0 Å². The molecule has 0 fully saturated rings. The van der Waals surface area contributed by atoms with Crippen LogP contribution in [0.25, 0.3) is 11.0 Å². The van der Waals surface area contributed by atoms with E-state index in [9.17, 15) is 0 Å². The number of nitrogens with one attached hydrogen (secondary N) is 1. The molecule has 0 radical (unpaired) electrons. The minimum Gasteiger partial charge on any atom is -0.380 e. The molecule has 0 aliphatic heterocycles. The highest BCUT2D eigenvalue weighted by Gasteiger charge is 2.08. The molecule has 1 aromatic carbocycles. The molecule has 1 heterocycles. The van der Waals surface area contributed by atoms with E-state index in [0.29, 0.717) is 33.9 Å². The first-order valence-corrected chi connectivity index (χ1v) is 7.80. The van der Waals surface area contributed by atoms with E-state index in [0.717, 1.165) is 24.1 Å². The van der Waals surface area contributed by atoms with Crippen molar-refractivity contribution in [3.8, 4) is 0 Å². The number of rotatable bonds is 6. The molecule has 2 aromatic rings. The average molecular weight is 333 g/mol. The Morgan fingerprint density at radius 1 is 1.25 bits per heavy atom. The molecule has 0 saturated carbocycles. The predicted octanol–water partition coefficient (Wildman–Crippen LogP) is 5.07. The zero-order chi connectivity index (χ0) is 14.7. The van der Waals surface area contributed by atoms with Gasteiger partial charge in [0, 0.05) is 13.2 Å². The molecule has 1 N–H and O–H groups in total. The number of imidazole rings is 1. The maximum atomic E-state index is 6.06. The molecular weight excluding hydrogens is 315 g/mol. The van der Waals surface area contributed by atoms with Crippen molar-refractivity contribution >= 4 is 46.5 Å². The van der Waals surface area contributed by atoms with E-state index in [-0.39, 0.29) is 0 Å². The second-order valence-electron chi connectivity index (χ2n) is 5.16. The van der Waals surface area contributed by atoms with Crippen molar-refractivity contribution in [3.05, 3.63) is 26.9 Å². The summed E-state index contributed by atoms with van der Waals surface area (Å²) < 4.78 is 8.28. The number of aromatic nitrogens is 2. The first kappa shape index (κ1) is 15.8. The van der Waals surface area contributed by atoms with Crippen molar-refractivity contribution in [2.75, 3.05) is 13.2 Å². The number of benzene rings is 1. The smallest absolute Gasteiger partial charge is 0.178 e. The third-order valence-electron chi connectivity index (χ3n) is 3.11. The lowest BCUT2D eigenvalue weighted by Gasteiger charge is -2.08. The largest absolute Gasteiger partial charge is 0.380 e. The van der Waals surface area contributed by atoms with Gasteiger partial charge >= 0.3 is 0 Å². The summed E-state index contributed by atoms with van der Waals surface area (Å²) in [4.78, 5) is 3.13. The molecule has 2 rings (SSSR count). The zero-order valence-electron chi connectivity index (χ0n) is 11.6. The second kappa shape index (κ2) is 6.94. The van der Waals surface area contributed by atoms with Crippen molar-refractivity contribution < 1.29 is 4.74 Å². The van der Waals surface area contributed by atoms with Gasteiger partial charge in [-0.15, -0.1) is 0 Å². The molecule has 0 saturated heterocycles. The van der Waals surface area contributed by atoms with Gasteiger partial charge in [0.25, 0.3) is 0 Å². The van der Waals surface area contributed by atoms with Gasteiger partial charge in [-0.1, -0.05) is 37.0 Å². The summed E-state index contributed by atoms with van der Waals surface area (Å²) in [5.74, 6) is 0.659. The van der Waals surface area contributed by atoms with Gasteiger partial charge < -0.3 is 14.3 Å². The van der Waals surface area contributed by atoms with Crippen LogP contribution in [0.2, 0.25) is 10.0 Å². The Hall–Kier alpha value is -0.550. The number of halogens is 2. The number of ether oxygens (including phenoxy) is 1. The summed E-state index contributed by atoms with van der Waals surface area (Å²) in [6.45, 7) is 6.48. The maximum Gasteiger partial charge on any atom is 0.178 e. The maximum absolute atomic E-state index is 6.06. The Morgan fingerprint density at radius 3 is 2.65 bits per heavy atom. The first-order valence-electron chi connectivity index (χ1n) is 6.64.